The quantitative estimate of drug-likeness (QED) is 0.465. The highest BCUT2D eigenvalue weighted by Gasteiger charge is 2.28. The highest BCUT2D eigenvalue weighted by molar-refractivity contribution is 5.83. The lowest BCUT2D eigenvalue weighted by atomic mass is 10.1. The predicted molar refractivity (Wildman–Crippen MR) is 110 cm³/mol. The monoisotopic (exact) mass is 400 g/mol. The minimum Gasteiger partial charge on any atom is -0.400 e. The molecule has 1 aromatic carbocycles. The van der Waals surface area contributed by atoms with Crippen LogP contribution in [0.25, 0.3) is 11.2 Å². The number of aromatic nitrogens is 4. The van der Waals surface area contributed by atoms with Crippen molar-refractivity contribution in [1.29, 1.82) is 0 Å². The first-order valence-corrected chi connectivity index (χ1v) is 9.71. The first kappa shape index (κ1) is 21.1. The van der Waals surface area contributed by atoms with Crippen LogP contribution in [0, 0.1) is 0 Å². The lowest BCUT2D eigenvalue weighted by Crippen LogP contribution is -2.15. The zero-order valence-electron chi connectivity index (χ0n) is 16.5. The third-order valence-corrected chi connectivity index (χ3v) is 4.80. The van der Waals surface area contributed by atoms with Crippen LogP contribution in [0.5, 0.6) is 0 Å². The fraction of sp³-hybridized carbons (Fsp3) is 0.450. The zero-order valence-corrected chi connectivity index (χ0v) is 16.5. The van der Waals surface area contributed by atoms with Crippen molar-refractivity contribution in [2.24, 2.45) is 5.73 Å². The molecule has 1 fully saturated rings. The van der Waals surface area contributed by atoms with Crippen LogP contribution in [0.2, 0.25) is 0 Å². The average Bonchev–Trinajstić information content (AvgIpc) is 3.42. The van der Waals surface area contributed by atoms with Crippen LogP contribution in [0.1, 0.15) is 30.5 Å². The summed E-state index contributed by atoms with van der Waals surface area (Å²) in [7, 11) is 1.00. The smallest absolute Gasteiger partial charge is 0.167 e. The summed E-state index contributed by atoms with van der Waals surface area (Å²) in [6.07, 6.45) is 3.94. The number of aliphatic hydroxyl groups excluding tert-OH is 2. The summed E-state index contributed by atoms with van der Waals surface area (Å²) in [6, 6.07) is 10.3. The molecule has 0 amide bonds. The molecule has 156 valence electrons. The van der Waals surface area contributed by atoms with Gasteiger partial charge in [0.25, 0.3) is 0 Å². The van der Waals surface area contributed by atoms with Crippen LogP contribution >= 0.6 is 0 Å². The zero-order chi connectivity index (χ0) is 20.6. The molecule has 3 heterocycles. The number of nitrogens with two attached hydrogens (primary N) is 1. The lowest BCUT2D eigenvalue weighted by Gasteiger charge is -2.14. The maximum absolute atomic E-state index is 9.31. The van der Waals surface area contributed by atoms with Gasteiger partial charge in [-0.25, -0.2) is 15.0 Å². The van der Waals surface area contributed by atoms with E-state index in [0.717, 1.165) is 32.9 Å². The second-order valence-electron chi connectivity index (χ2n) is 6.65. The summed E-state index contributed by atoms with van der Waals surface area (Å²) in [6.45, 7) is 1.01. The molecule has 0 bridgehead atoms. The van der Waals surface area contributed by atoms with E-state index in [-0.39, 0.29) is 25.5 Å². The molecule has 4 rings (SSSR count). The number of hydrogen-bond donors (Lipinski definition) is 4. The molecule has 0 aliphatic carbocycles. The van der Waals surface area contributed by atoms with Gasteiger partial charge in [-0.05, 0) is 24.8 Å². The molecule has 2 atom stereocenters. The van der Waals surface area contributed by atoms with Gasteiger partial charge in [0.15, 0.2) is 17.0 Å². The Balaban J connectivity index is 0.00000117. The third-order valence-electron chi connectivity index (χ3n) is 4.80. The van der Waals surface area contributed by atoms with Crippen LogP contribution in [-0.2, 0) is 17.7 Å². The Labute approximate surface area is 169 Å². The van der Waals surface area contributed by atoms with Crippen molar-refractivity contribution in [1.82, 2.24) is 19.5 Å². The van der Waals surface area contributed by atoms with Crippen molar-refractivity contribution in [3.8, 4) is 0 Å². The largest absolute Gasteiger partial charge is 0.400 e. The second-order valence-corrected chi connectivity index (χ2v) is 6.65. The molecular weight excluding hydrogens is 372 g/mol. The normalized spacial score (nSPS) is 18.5. The van der Waals surface area contributed by atoms with Gasteiger partial charge in [0.05, 0.1) is 25.6 Å². The van der Waals surface area contributed by atoms with Gasteiger partial charge < -0.3 is 26.0 Å². The van der Waals surface area contributed by atoms with E-state index >= 15 is 0 Å². The topological polar surface area (TPSA) is 131 Å². The van der Waals surface area contributed by atoms with Gasteiger partial charge in [0, 0.05) is 13.7 Å². The van der Waals surface area contributed by atoms with E-state index in [2.05, 4.69) is 32.4 Å². The van der Waals surface area contributed by atoms with Crippen LogP contribution in [-0.4, -0.2) is 56.1 Å². The van der Waals surface area contributed by atoms with Crippen molar-refractivity contribution < 1.29 is 14.9 Å². The molecule has 9 nitrogen and oxygen atoms in total. The van der Waals surface area contributed by atoms with E-state index in [1.54, 1.807) is 6.33 Å². The van der Waals surface area contributed by atoms with Crippen molar-refractivity contribution >= 4 is 17.0 Å². The van der Waals surface area contributed by atoms with E-state index in [4.69, 9.17) is 15.6 Å². The molecule has 0 saturated carbocycles. The number of nitrogens with zero attached hydrogens (tertiary/aromatic N) is 4. The van der Waals surface area contributed by atoms with E-state index in [1.165, 1.54) is 5.56 Å². The van der Waals surface area contributed by atoms with Crippen molar-refractivity contribution in [2.75, 3.05) is 25.6 Å². The molecule has 2 aromatic heterocycles. The molecule has 29 heavy (non-hydrogen) atoms. The Bertz CT molecular complexity index is 902. The average molecular weight is 400 g/mol. The number of aliphatic hydroxyl groups is 2. The standard InChI is InChI=1S/C19H24N6O2.CH4O/c20-10-15-23-18(21-9-8-13-4-2-1-3-5-13)17-19(24-15)25(12-22-17)16-7-6-14(11-26)27-16;1-2/h1-5,12,14,16,26H,6-11,20H2,(H,21,23,24);2H,1H3. The van der Waals surface area contributed by atoms with Gasteiger partial charge in [-0.2, -0.15) is 0 Å². The predicted octanol–water partition coefficient (Wildman–Crippen LogP) is 1.22. The summed E-state index contributed by atoms with van der Waals surface area (Å²) < 4.78 is 7.79. The van der Waals surface area contributed by atoms with E-state index < -0.39 is 0 Å². The van der Waals surface area contributed by atoms with Crippen molar-refractivity contribution in [3.63, 3.8) is 0 Å². The molecule has 1 aliphatic heterocycles. The van der Waals surface area contributed by atoms with E-state index in [1.807, 2.05) is 22.8 Å². The minimum absolute atomic E-state index is 0.0262. The molecule has 1 saturated heterocycles. The summed E-state index contributed by atoms with van der Waals surface area (Å²) in [5.41, 5.74) is 8.47. The van der Waals surface area contributed by atoms with E-state index in [9.17, 15) is 5.11 Å². The number of imidazole rings is 1. The number of rotatable bonds is 7. The first-order valence-electron chi connectivity index (χ1n) is 9.71. The Morgan fingerprint density at radius 2 is 2.00 bits per heavy atom. The number of benzene rings is 1. The van der Waals surface area contributed by atoms with Gasteiger partial charge in [-0.3, -0.25) is 4.57 Å². The molecule has 0 spiro atoms. The van der Waals surface area contributed by atoms with Crippen LogP contribution in [0.3, 0.4) is 0 Å². The van der Waals surface area contributed by atoms with Crippen molar-refractivity contribution in [3.05, 3.63) is 48.0 Å². The summed E-state index contributed by atoms with van der Waals surface area (Å²) in [5.74, 6) is 1.25. The molecule has 5 N–H and O–H groups in total. The highest BCUT2D eigenvalue weighted by Crippen LogP contribution is 2.31. The molecule has 2 unspecified atom stereocenters. The maximum Gasteiger partial charge on any atom is 0.167 e. The first-order chi connectivity index (χ1) is 14.3. The van der Waals surface area contributed by atoms with Gasteiger partial charge in [0.2, 0.25) is 0 Å². The minimum atomic E-state index is -0.176. The summed E-state index contributed by atoms with van der Waals surface area (Å²) in [5, 5.41) is 19.7. The number of nitrogens with one attached hydrogen (secondary N) is 1. The van der Waals surface area contributed by atoms with Crippen LogP contribution in [0.15, 0.2) is 36.7 Å². The van der Waals surface area contributed by atoms with Gasteiger partial charge in [-0.1, -0.05) is 30.3 Å². The Hall–Kier alpha value is -2.59. The van der Waals surface area contributed by atoms with Crippen LogP contribution < -0.4 is 11.1 Å². The second kappa shape index (κ2) is 10.3. The molecule has 1 aliphatic rings. The van der Waals surface area contributed by atoms with Crippen molar-refractivity contribution in [2.45, 2.75) is 38.1 Å². The summed E-state index contributed by atoms with van der Waals surface area (Å²) >= 11 is 0. The lowest BCUT2D eigenvalue weighted by molar-refractivity contribution is -0.0207. The Morgan fingerprint density at radius 3 is 2.69 bits per heavy atom. The fourth-order valence-corrected chi connectivity index (χ4v) is 3.38. The molecule has 0 radical (unpaired) electrons. The van der Waals surface area contributed by atoms with Gasteiger partial charge in [-0.15, -0.1) is 0 Å². The molecular formula is C20H28N6O3. The van der Waals surface area contributed by atoms with E-state index in [0.29, 0.717) is 22.8 Å². The number of ether oxygens (including phenoxy) is 1. The summed E-state index contributed by atoms with van der Waals surface area (Å²) in [4.78, 5) is 13.6. The number of fused-ring (bicyclic) bond motifs is 1. The molecule has 9 heteroatoms. The number of anilines is 1. The molecule has 3 aromatic rings. The van der Waals surface area contributed by atoms with Gasteiger partial charge in [0.1, 0.15) is 12.1 Å². The Kier molecular flexibility index (Phi) is 7.48. The maximum atomic E-state index is 9.31. The highest BCUT2D eigenvalue weighted by atomic mass is 16.5. The number of hydrogen-bond acceptors (Lipinski definition) is 8. The van der Waals surface area contributed by atoms with Gasteiger partial charge >= 0.3 is 0 Å². The fourth-order valence-electron chi connectivity index (χ4n) is 3.38. The van der Waals surface area contributed by atoms with Crippen LogP contribution in [0.4, 0.5) is 5.82 Å². The Morgan fingerprint density at radius 1 is 1.21 bits per heavy atom. The third kappa shape index (κ3) is 4.88. The SMILES string of the molecule is CO.NCc1nc(NCCc2ccccc2)c2ncn(C3CCC(CO)O3)c2n1.